The summed E-state index contributed by atoms with van der Waals surface area (Å²) in [5, 5.41) is 86.3. The van der Waals surface area contributed by atoms with E-state index in [4.69, 9.17) is 37.9 Å². The molecule has 9 saturated carbocycles. The van der Waals surface area contributed by atoms with Gasteiger partial charge in [-0.1, -0.05) is 215 Å². The Morgan fingerprint density at radius 1 is 0.278 bits per heavy atom. The van der Waals surface area contributed by atoms with Crippen LogP contribution in [0, 0.1) is 59.2 Å². The van der Waals surface area contributed by atoms with E-state index in [1.807, 2.05) is 41.5 Å². The van der Waals surface area contributed by atoms with Gasteiger partial charge in [0.05, 0.1) is 161 Å². The van der Waals surface area contributed by atoms with Gasteiger partial charge in [0.25, 0.3) is 0 Å². The number of hydrogen-bond acceptors (Lipinski definition) is 27. The maximum Gasteiger partial charge on any atom is 0.312 e. The number of methoxy groups -OCH3 is 1. The van der Waals surface area contributed by atoms with Gasteiger partial charge in [0.15, 0.2) is 0 Å². The smallest absolute Gasteiger partial charge is 0.312 e. The summed E-state index contributed by atoms with van der Waals surface area (Å²) < 4.78 is 45.6. The van der Waals surface area contributed by atoms with Crippen LogP contribution >= 0.6 is 0 Å². The third kappa shape index (κ3) is 52.8. The summed E-state index contributed by atoms with van der Waals surface area (Å²) in [6, 6.07) is 0. The van der Waals surface area contributed by atoms with Crippen molar-refractivity contribution in [3.8, 4) is 0 Å². The van der Waals surface area contributed by atoms with E-state index in [9.17, 15) is 89.1 Å². The molecule has 9 fully saturated rings. The molecule has 9 aliphatic rings. The number of aliphatic hydroxyl groups excluding tert-OH is 9. The van der Waals surface area contributed by atoms with Gasteiger partial charge in [0, 0.05) is 0 Å². The number of hydrogen-bond donors (Lipinski definition) is 9. The minimum atomic E-state index is -0.501. The predicted molar refractivity (Wildman–Crippen MR) is 484 cm³/mol. The molecule has 9 rings (SSSR count). The van der Waals surface area contributed by atoms with Crippen molar-refractivity contribution in [1.29, 1.82) is 0 Å². The van der Waals surface area contributed by atoms with Crippen molar-refractivity contribution < 1.29 is 132 Å². The molecule has 0 amide bonds. The van der Waals surface area contributed by atoms with Gasteiger partial charge in [-0.2, -0.15) is 0 Å². The van der Waals surface area contributed by atoms with Gasteiger partial charge in [0.1, 0.15) is 5.60 Å². The van der Waals surface area contributed by atoms with Crippen molar-refractivity contribution in [2.75, 3.05) is 46.8 Å². The molecule has 0 aromatic rings. The highest BCUT2D eigenvalue weighted by Crippen LogP contribution is 2.34. The lowest BCUT2D eigenvalue weighted by Gasteiger charge is -2.29. The first-order valence-electron chi connectivity index (χ1n) is 49.9. The zero-order chi connectivity index (χ0) is 94.2. The molecule has 0 saturated heterocycles. The Morgan fingerprint density at radius 2 is 0.524 bits per heavy atom. The Morgan fingerprint density at radius 3 is 0.786 bits per heavy atom. The fourth-order valence-electron chi connectivity index (χ4n) is 17.0. The third-order valence-electron chi connectivity index (χ3n) is 25.0. The van der Waals surface area contributed by atoms with Crippen molar-refractivity contribution >= 4 is 53.7 Å². The van der Waals surface area contributed by atoms with Crippen LogP contribution < -0.4 is 0 Å². The van der Waals surface area contributed by atoms with Crippen LogP contribution in [0.15, 0.2) is 0 Å². The molecule has 0 bridgehead atoms. The zero-order valence-corrected chi connectivity index (χ0v) is 80.5. The summed E-state index contributed by atoms with van der Waals surface area (Å²) in [6.07, 6.45) is 42.7. The molecule has 0 heterocycles. The van der Waals surface area contributed by atoms with E-state index in [1.54, 1.807) is 6.92 Å². The fraction of sp³-hybridized carbons (Fsp3) is 0.909. The quantitative estimate of drug-likeness (QED) is 0.0177. The lowest BCUT2D eigenvalue weighted by atomic mass is 9.86. The number of esters is 9. The van der Waals surface area contributed by atoms with E-state index < -0.39 is 60.5 Å². The number of aliphatic hydroxyl groups is 9. The van der Waals surface area contributed by atoms with Gasteiger partial charge < -0.3 is 88.6 Å². The van der Waals surface area contributed by atoms with E-state index in [0.29, 0.717) is 45.6 Å². The highest BCUT2D eigenvalue weighted by Gasteiger charge is 2.39. The Bertz CT molecular complexity index is 2830. The maximum atomic E-state index is 11.9. The molecule has 19 unspecified atom stereocenters. The van der Waals surface area contributed by atoms with Crippen molar-refractivity contribution in [3.05, 3.63) is 0 Å². The summed E-state index contributed by atoms with van der Waals surface area (Å²) in [7, 11) is 1.36. The van der Waals surface area contributed by atoms with Crippen LogP contribution in [0.25, 0.3) is 0 Å². The van der Waals surface area contributed by atoms with Crippen LogP contribution in [-0.2, 0) is 85.8 Å². The van der Waals surface area contributed by atoms with Gasteiger partial charge in [-0.3, -0.25) is 43.2 Å². The highest BCUT2D eigenvalue weighted by atomic mass is 16.6. The van der Waals surface area contributed by atoms with Gasteiger partial charge in [-0.25, -0.2) is 0 Å². The number of carbonyl (C=O) groups is 9. The lowest BCUT2D eigenvalue weighted by Crippen LogP contribution is -2.36. The van der Waals surface area contributed by atoms with Gasteiger partial charge in [0.2, 0.25) is 0 Å². The number of ether oxygens (including phenoxy) is 9. The molecule has 9 aliphatic carbocycles. The predicted octanol–water partition coefficient (Wildman–Crippen LogP) is 16.8. The summed E-state index contributed by atoms with van der Waals surface area (Å²) in [4.78, 5) is 103. The molecular formula is C99H180O27. The second-order valence-electron chi connectivity index (χ2n) is 37.3. The highest BCUT2D eigenvalue weighted by molar-refractivity contribution is 5.77. The van der Waals surface area contributed by atoms with Crippen LogP contribution in [0.5, 0.6) is 0 Å². The van der Waals surface area contributed by atoms with Crippen LogP contribution in [0.3, 0.4) is 0 Å². The zero-order valence-electron chi connectivity index (χ0n) is 80.5. The standard InChI is InChI=1S/C15H28O3.C13H24O3.C12H22O3.2C11H20O3.2C10H18O3.C9H16O3.C8H14O3/c1-3-5-8-12(4-2)11-18-15(17)13-9-6-7-10-14(13)16;1-2-3-4-7-10-16-13(15)11-8-5-6-9-12(11)14;1-2-3-6-9-15-12(14)10-7-4-5-8-11(10)13;1-11(2,3)14-10(13)8-6-4-5-7-9(8)12;1-2-3-8-14-11(13)9-6-4-5-7-10(9)12;1-7(2)13-10(12)8-5-3-4-6-9(8)11;1-2-7-13-10(12)8-5-3-4-6-9(8)11;1-2-12-9(11)7-5-3-4-6-8(7)10;1-11-8(10)6-4-2-3-5-7(6)9/h12-14,16H,3-11H2,1-2H3;11-12,14H,2-10H2,1H3;10-11,13H,2-9H2,1H3;8-9,12H,4-7H2,1-3H3;9-10,12H,2-8H2,1H3;7-9,11H,3-6H2,1-2H3;8-9,11H,2-7H2,1H3;7-8,10H,2-6H2,1H3;6-7,9H,2-5H2,1H3. The lowest BCUT2D eigenvalue weighted by molar-refractivity contribution is -0.166. The normalized spacial score (nSPS) is 27.7. The van der Waals surface area contributed by atoms with E-state index in [2.05, 4.69) is 39.4 Å². The summed E-state index contributed by atoms with van der Waals surface area (Å²) >= 11 is 0. The largest absolute Gasteiger partial charge is 0.469 e. The minimum absolute atomic E-state index is 0.0818. The first kappa shape index (κ1) is 119. The monoisotopic (exact) mass is 1800 g/mol. The molecule has 19 atom stereocenters. The van der Waals surface area contributed by atoms with E-state index in [-0.39, 0.29) is 113 Å². The molecule has 0 aromatic heterocycles. The van der Waals surface area contributed by atoms with Crippen LogP contribution in [0.4, 0.5) is 0 Å². The average molecular weight is 1800 g/mol. The van der Waals surface area contributed by atoms with Gasteiger partial charge >= 0.3 is 53.7 Å². The molecule has 27 nitrogen and oxygen atoms in total. The third-order valence-corrected chi connectivity index (χ3v) is 25.0. The van der Waals surface area contributed by atoms with Crippen LogP contribution in [-0.4, -0.2) is 213 Å². The number of rotatable bonds is 31. The first-order valence-corrected chi connectivity index (χ1v) is 49.9. The average Bonchev–Trinajstić information content (AvgIpc) is 0.847. The van der Waals surface area contributed by atoms with Crippen molar-refractivity contribution in [2.45, 2.75) is 471 Å². The topological polar surface area (TPSA) is 419 Å². The Hall–Kier alpha value is -5.13. The van der Waals surface area contributed by atoms with E-state index in [1.165, 1.54) is 32.8 Å². The Balaban J connectivity index is 0.000000711. The maximum absolute atomic E-state index is 11.9. The summed E-state index contributed by atoms with van der Waals surface area (Å²) in [5.41, 5.74) is -0.450. The van der Waals surface area contributed by atoms with Crippen molar-refractivity contribution in [1.82, 2.24) is 0 Å². The van der Waals surface area contributed by atoms with Crippen LogP contribution in [0.1, 0.15) is 404 Å². The molecule has 27 heteroatoms. The number of carbonyl (C=O) groups excluding carboxylic acids is 9. The van der Waals surface area contributed by atoms with Crippen molar-refractivity contribution in [3.63, 3.8) is 0 Å². The molecule has 0 spiro atoms. The number of unbranched alkanes of at least 4 members (excludes halogenated alkanes) is 7. The molecular weight excluding hydrogens is 1620 g/mol. The van der Waals surface area contributed by atoms with Gasteiger partial charge in [-0.15, -0.1) is 0 Å². The Kier molecular flexibility index (Phi) is 68.4. The minimum Gasteiger partial charge on any atom is -0.469 e. The Labute approximate surface area is 758 Å². The summed E-state index contributed by atoms with van der Waals surface area (Å²) in [5.74, 6) is -3.93. The molecule has 9 N–H and O–H groups in total. The van der Waals surface area contributed by atoms with E-state index in [0.717, 1.165) is 295 Å². The second-order valence-corrected chi connectivity index (χ2v) is 37.3. The first-order chi connectivity index (χ1) is 60.2. The van der Waals surface area contributed by atoms with Gasteiger partial charge in [-0.05, 0) is 195 Å². The summed E-state index contributed by atoms with van der Waals surface area (Å²) in [6.45, 7) is 26.5. The second kappa shape index (κ2) is 72.5. The fourth-order valence-corrected chi connectivity index (χ4v) is 17.0. The molecule has 0 aliphatic heterocycles. The van der Waals surface area contributed by atoms with Crippen LogP contribution in [0.2, 0.25) is 0 Å². The molecule has 126 heavy (non-hydrogen) atoms. The molecule has 0 radical (unpaired) electrons. The van der Waals surface area contributed by atoms with Crippen molar-refractivity contribution in [2.24, 2.45) is 59.2 Å². The SMILES string of the molecule is CC(C)(C)OC(=O)C1CCCCC1O.CC(C)OC(=O)C1CCCCC1O.CCCCC(CC)COC(=O)C1CCCCC1O.CCCCCCOC(=O)C1CCCCC1O.CCCCCOC(=O)C1CCCCC1O.CCCCOC(=O)C1CCCCC1O.CCCOC(=O)C1CCCCC1O.CCOC(=O)C1CCCCC1O.COC(=O)C1CCCCC1O. The molecule has 0 aromatic carbocycles. The molecule has 738 valence electrons. The van der Waals surface area contributed by atoms with E-state index >= 15 is 0 Å².